The van der Waals surface area contributed by atoms with Gasteiger partial charge in [0.05, 0.1) is 18.2 Å². The minimum Gasteiger partial charge on any atom is -0.465 e. The Labute approximate surface area is 215 Å². The lowest BCUT2D eigenvalue weighted by atomic mass is 9.99. The number of pyridine rings is 2. The second-order valence-electron chi connectivity index (χ2n) is 9.57. The molecule has 0 saturated heterocycles. The summed E-state index contributed by atoms with van der Waals surface area (Å²) in [6.45, 7) is 11.0. The lowest BCUT2D eigenvalue weighted by Gasteiger charge is -2.33. The maximum absolute atomic E-state index is 13.2. The second-order valence-corrected chi connectivity index (χ2v) is 9.57. The Bertz CT molecular complexity index is 1430. The molecule has 4 aromatic rings. The van der Waals surface area contributed by atoms with Crippen LogP contribution in [-0.4, -0.2) is 47.7 Å². The Balaban J connectivity index is 1.78. The molecule has 194 valence electrons. The fraction of sp³-hybridized carbons (Fsp3) is 0.407. The summed E-state index contributed by atoms with van der Waals surface area (Å²) in [5.74, 6) is 0.192. The van der Waals surface area contributed by atoms with Gasteiger partial charge in [-0.1, -0.05) is 32.0 Å². The summed E-state index contributed by atoms with van der Waals surface area (Å²) >= 11 is 0. The summed E-state index contributed by atoms with van der Waals surface area (Å²) in [6, 6.07) is 9.65. The number of H-pyrrole nitrogens is 1. The second kappa shape index (κ2) is 11.4. The lowest BCUT2D eigenvalue weighted by Crippen LogP contribution is -2.35. The molecule has 3 heterocycles. The van der Waals surface area contributed by atoms with Gasteiger partial charge in [-0.15, -0.1) is 5.10 Å². The minimum absolute atomic E-state index is 0.0622. The number of nitrogens with zero attached hydrogens (tertiary/aromatic N) is 6. The molecule has 1 aromatic carbocycles. The van der Waals surface area contributed by atoms with Crippen LogP contribution in [0.2, 0.25) is 0 Å². The molecule has 0 spiro atoms. The molecule has 10 heteroatoms. The molecule has 0 aliphatic carbocycles. The van der Waals surface area contributed by atoms with Crippen LogP contribution >= 0.6 is 0 Å². The van der Waals surface area contributed by atoms with Gasteiger partial charge >= 0.3 is 5.97 Å². The van der Waals surface area contributed by atoms with E-state index in [2.05, 4.69) is 50.3 Å². The van der Waals surface area contributed by atoms with Crippen LogP contribution in [0.3, 0.4) is 0 Å². The smallest absolute Gasteiger partial charge is 0.327 e. The van der Waals surface area contributed by atoms with E-state index in [0.717, 1.165) is 27.6 Å². The van der Waals surface area contributed by atoms with Crippen LogP contribution in [0.25, 0.3) is 10.9 Å². The van der Waals surface area contributed by atoms with E-state index in [1.165, 1.54) is 4.68 Å². The number of nitrogens with one attached hydrogen (secondary N) is 1. The fourth-order valence-electron chi connectivity index (χ4n) is 4.68. The van der Waals surface area contributed by atoms with E-state index in [1.54, 1.807) is 13.1 Å². The summed E-state index contributed by atoms with van der Waals surface area (Å²) < 4.78 is 6.60. The minimum atomic E-state index is -0.408. The van der Waals surface area contributed by atoms with Crippen molar-refractivity contribution in [2.45, 2.75) is 60.3 Å². The molecule has 3 aromatic heterocycles. The number of carbonyl (C=O) groups excluding carboxylic acids is 1. The number of carbonyl (C=O) groups is 1. The Kier molecular flexibility index (Phi) is 8.08. The van der Waals surface area contributed by atoms with Gasteiger partial charge in [0.15, 0.2) is 5.82 Å². The maximum Gasteiger partial charge on any atom is 0.327 e. The van der Waals surface area contributed by atoms with Crippen molar-refractivity contribution in [2.75, 3.05) is 6.61 Å². The zero-order valence-electron chi connectivity index (χ0n) is 21.9. The predicted molar refractivity (Wildman–Crippen MR) is 140 cm³/mol. The molecule has 0 saturated carbocycles. The summed E-state index contributed by atoms with van der Waals surface area (Å²) in [4.78, 5) is 35.0. The third-order valence-electron chi connectivity index (χ3n) is 6.44. The van der Waals surface area contributed by atoms with Gasteiger partial charge in [0, 0.05) is 36.4 Å². The lowest BCUT2D eigenvalue weighted by molar-refractivity contribution is -0.144. The first kappa shape index (κ1) is 26.2. The molecular formula is C27H33N7O3. The van der Waals surface area contributed by atoms with Crippen LogP contribution in [0, 0.1) is 19.8 Å². The van der Waals surface area contributed by atoms with Gasteiger partial charge in [-0.05, 0) is 65.9 Å². The highest BCUT2D eigenvalue weighted by atomic mass is 16.5. The summed E-state index contributed by atoms with van der Waals surface area (Å²) in [5.41, 5.74) is 4.46. The van der Waals surface area contributed by atoms with Gasteiger partial charge in [-0.3, -0.25) is 19.5 Å². The van der Waals surface area contributed by atoms with Gasteiger partial charge < -0.3 is 9.72 Å². The third-order valence-corrected chi connectivity index (χ3v) is 6.44. The first-order valence-electron chi connectivity index (χ1n) is 12.4. The number of hydrogen-bond donors (Lipinski definition) is 1. The van der Waals surface area contributed by atoms with Crippen molar-refractivity contribution >= 4 is 16.9 Å². The van der Waals surface area contributed by atoms with Gasteiger partial charge in [-0.25, -0.2) is 4.68 Å². The van der Waals surface area contributed by atoms with E-state index in [0.29, 0.717) is 24.5 Å². The standard InChI is InChI=1S/C27H33N7O3/c1-6-37-23(35)16-34-26(30-31-32-34)25(17(2)3)33(14-20-8-7-11-28-13-20)15-21-12-22-18(4)9-10-19(5)24(22)29-27(21)36/h7-13,17,25H,6,14-16H2,1-5H3,(H,29,36). The first-order valence-corrected chi connectivity index (χ1v) is 12.4. The SMILES string of the molecule is CCOC(=O)Cn1nnnc1C(C(C)C)N(Cc1cccnc1)Cc1cc2c(C)ccc(C)c2[nH]c1=O. The average molecular weight is 504 g/mol. The molecule has 0 fully saturated rings. The highest BCUT2D eigenvalue weighted by Crippen LogP contribution is 2.30. The third kappa shape index (κ3) is 5.91. The zero-order chi connectivity index (χ0) is 26.5. The summed E-state index contributed by atoms with van der Waals surface area (Å²) in [5, 5.41) is 13.3. The number of ether oxygens (including phenoxy) is 1. The van der Waals surface area contributed by atoms with E-state index in [1.807, 2.05) is 44.3 Å². The molecule has 37 heavy (non-hydrogen) atoms. The topological polar surface area (TPSA) is 119 Å². The van der Waals surface area contributed by atoms with Crippen LogP contribution in [0.15, 0.2) is 47.5 Å². The maximum atomic E-state index is 13.2. The number of hydrogen-bond acceptors (Lipinski definition) is 8. The Morgan fingerprint density at radius 1 is 1.16 bits per heavy atom. The van der Waals surface area contributed by atoms with Gasteiger partial charge in [0.1, 0.15) is 6.54 Å². The fourth-order valence-corrected chi connectivity index (χ4v) is 4.68. The van der Waals surface area contributed by atoms with Crippen LogP contribution in [-0.2, 0) is 29.2 Å². The molecule has 1 atom stereocenters. The summed E-state index contributed by atoms with van der Waals surface area (Å²) in [6.07, 6.45) is 3.54. The molecule has 10 nitrogen and oxygen atoms in total. The summed E-state index contributed by atoms with van der Waals surface area (Å²) in [7, 11) is 0. The number of aromatic nitrogens is 6. The average Bonchev–Trinajstić information content (AvgIpc) is 3.30. The molecular weight excluding hydrogens is 470 g/mol. The molecule has 1 N–H and O–H groups in total. The predicted octanol–water partition coefficient (Wildman–Crippen LogP) is 3.49. The van der Waals surface area contributed by atoms with Crippen LogP contribution in [0.5, 0.6) is 0 Å². The van der Waals surface area contributed by atoms with Crippen molar-refractivity contribution in [1.82, 2.24) is 35.1 Å². The normalized spacial score (nSPS) is 12.4. The number of tetrazole rings is 1. The monoisotopic (exact) mass is 503 g/mol. The van der Waals surface area contributed by atoms with E-state index in [9.17, 15) is 9.59 Å². The Morgan fingerprint density at radius 3 is 2.65 bits per heavy atom. The molecule has 0 amide bonds. The molecule has 0 aliphatic rings. The van der Waals surface area contributed by atoms with E-state index >= 15 is 0 Å². The van der Waals surface area contributed by atoms with Crippen LogP contribution in [0.4, 0.5) is 0 Å². The van der Waals surface area contributed by atoms with Crippen molar-refractivity contribution < 1.29 is 9.53 Å². The Hall–Kier alpha value is -3.92. The van der Waals surface area contributed by atoms with Crippen molar-refractivity contribution in [1.29, 1.82) is 0 Å². The molecule has 0 radical (unpaired) electrons. The highest BCUT2D eigenvalue weighted by Gasteiger charge is 2.31. The molecule has 1 unspecified atom stereocenters. The van der Waals surface area contributed by atoms with Gasteiger partial charge in [0.25, 0.3) is 5.56 Å². The first-order chi connectivity index (χ1) is 17.8. The van der Waals surface area contributed by atoms with E-state index in [-0.39, 0.29) is 30.7 Å². The van der Waals surface area contributed by atoms with Gasteiger partial charge in [0.2, 0.25) is 0 Å². The van der Waals surface area contributed by atoms with Crippen molar-refractivity contribution in [3.05, 3.63) is 81.2 Å². The molecule has 4 rings (SSSR count). The number of benzene rings is 1. The van der Waals surface area contributed by atoms with Gasteiger partial charge in [-0.2, -0.15) is 0 Å². The quantitative estimate of drug-likeness (QED) is 0.327. The number of aryl methyl sites for hydroxylation is 2. The highest BCUT2D eigenvalue weighted by molar-refractivity contribution is 5.85. The van der Waals surface area contributed by atoms with Crippen molar-refractivity contribution in [3.8, 4) is 0 Å². The van der Waals surface area contributed by atoms with Crippen LogP contribution < -0.4 is 5.56 Å². The molecule has 0 aliphatic heterocycles. The number of rotatable bonds is 10. The van der Waals surface area contributed by atoms with E-state index in [4.69, 9.17) is 4.74 Å². The molecule has 0 bridgehead atoms. The van der Waals surface area contributed by atoms with E-state index < -0.39 is 5.97 Å². The number of esters is 1. The van der Waals surface area contributed by atoms with Crippen LogP contribution in [0.1, 0.15) is 54.9 Å². The Morgan fingerprint density at radius 2 is 1.95 bits per heavy atom. The number of aromatic amines is 1. The zero-order valence-corrected chi connectivity index (χ0v) is 21.9. The number of fused-ring (bicyclic) bond motifs is 1. The van der Waals surface area contributed by atoms with Crippen molar-refractivity contribution in [2.24, 2.45) is 5.92 Å². The van der Waals surface area contributed by atoms with Crippen molar-refractivity contribution in [3.63, 3.8) is 0 Å². The largest absolute Gasteiger partial charge is 0.465 e.